The van der Waals surface area contributed by atoms with Gasteiger partial charge in [-0.05, 0) is 56.4 Å². The highest BCUT2D eigenvalue weighted by atomic mass is 32.1. The summed E-state index contributed by atoms with van der Waals surface area (Å²) >= 11 is 1.47. The lowest BCUT2D eigenvalue weighted by molar-refractivity contribution is -0.137. The molecule has 10 heteroatoms. The molecule has 2 heterocycles. The first-order valence-corrected chi connectivity index (χ1v) is 12.8. The van der Waals surface area contributed by atoms with Crippen LogP contribution in [0.5, 0.6) is 0 Å². The molecule has 2 aromatic rings. The Labute approximate surface area is 207 Å². The first-order valence-electron chi connectivity index (χ1n) is 12.0. The molecule has 1 saturated heterocycles. The highest BCUT2D eigenvalue weighted by Gasteiger charge is 2.31. The molecule has 0 spiro atoms. The largest absolute Gasteiger partial charge is 0.462 e. The summed E-state index contributed by atoms with van der Waals surface area (Å²) in [5, 5.41) is 3.50. The number of anilines is 2. The Balaban J connectivity index is 1.37. The molecule has 1 aromatic heterocycles. The maximum Gasteiger partial charge on any atom is 0.416 e. The van der Waals surface area contributed by atoms with E-state index in [9.17, 15) is 22.8 Å². The van der Waals surface area contributed by atoms with Gasteiger partial charge in [0.2, 0.25) is 5.91 Å². The number of amides is 1. The number of nitrogens with one attached hydrogen (secondary N) is 1. The Kier molecular flexibility index (Phi) is 8.01. The van der Waals surface area contributed by atoms with Crippen molar-refractivity contribution in [1.29, 1.82) is 0 Å². The van der Waals surface area contributed by atoms with Crippen molar-refractivity contribution in [3.05, 3.63) is 45.8 Å². The Morgan fingerprint density at radius 2 is 1.83 bits per heavy atom. The molecule has 35 heavy (non-hydrogen) atoms. The third kappa shape index (κ3) is 6.16. The number of carbonyl (C=O) groups excluding carboxylic acids is 2. The number of esters is 1. The molecule has 1 fully saturated rings. The number of fused-ring (bicyclic) bond motifs is 1. The second-order valence-electron chi connectivity index (χ2n) is 8.85. The van der Waals surface area contributed by atoms with E-state index in [1.54, 1.807) is 13.0 Å². The van der Waals surface area contributed by atoms with E-state index < -0.39 is 17.7 Å². The van der Waals surface area contributed by atoms with E-state index in [1.165, 1.54) is 23.5 Å². The van der Waals surface area contributed by atoms with Gasteiger partial charge >= 0.3 is 12.1 Å². The number of rotatable bonds is 6. The number of carbonyl (C=O) groups is 2. The molecule has 0 saturated carbocycles. The molecule has 1 amide bonds. The molecule has 6 nitrogen and oxygen atoms in total. The third-order valence-corrected chi connectivity index (χ3v) is 7.64. The maximum absolute atomic E-state index is 13.0. The van der Waals surface area contributed by atoms with Crippen LogP contribution in [0.25, 0.3) is 0 Å². The summed E-state index contributed by atoms with van der Waals surface area (Å²) in [4.78, 5) is 30.6. The van der Waals surface area contributed by atoms with Gasteiger partial charge in [-0.25, -0.2) is 4.79 Å². The Bertz CT molecular complexity index is 1060. The summed E-state index contributed by atoms with van der Waals surface area (Å²) in [7, 11) is 0. The van der Waals surface area contributed by atoms with Crippen LogP contribution in [0.4, 0.5) is 23.9 Å². The fourth-order valence-corrected chi connectivity index (χ4v) is 5.96. The molecule has 4 rings (SSSR count). The van der Waals surface area contributed by atoms with E-state index in [0.717, 1.165) is 48.6 Å². The summed E-state index contributed by atoms with van der Waals surface area (Å²) in [5.41, 5.74) is 1.37. The van der Waals surface area contributed by atoms with E-state index >= 15 is 0 Å². The van der Waals surface area contributed by atoms with Gasteiger partial charge in [0.05, 0.1) is 24.3 Å². The van der Waals surface area contributed by atoms with Crippen molar-refractivity contribution in [3.8, 4) is 0 Å². The fraction of sp³-hybridized carbons (Fsp3) is 0.520. The smallest absolute Gasteiger partial charge is 0.416 e. The van der Waals surface area contributed by atoms with Gasteiger partial charge in [0.1, 0.15) is 5.00 Å². The van der Waals surface area contributed by atoms with Gasteiger partial charge in [0.25, 0.3) is 0 Å². The van der Waals surface area contributed by atoms with Gasteiger partial charge in [-0.2, -0.15) is 13.2 Å². The maximum atomic E-state index is 13.0. The van der Waals surface area contributed by atoms with Crippen molar-refractivity contribution in [3.63, 3.8) is 0 Å². The lowest BCUT2D eigenvalue weighted by Gasteiger charge is -2.36. The number of hydrogen-bond donors (Lipinski definition) is 1. The Morgan fingerprint density at radius 3 is 2.54 bits per heavy atom. The van der Waals surface area contributed by atoms with Gasteiger partial charge in [-0.3, -0.25) is 9.69 Å². The van der Waals surface area contributed by atoms with Crippen LogP contribution in [-0.4, -0.2) is 56.1 Å². The van der Waals surface area contributed by atoms with Gasteiger partial charge in [-0.15, -0.1) is 11.3 Å². The van der Waals surface area contributed by atoms with E-state index in [2.05, 4.69) is 5.32 Å². The van der Waals surface area contributed by atoms with Crippen LogP contribution in [0.1, 0.15) is 52.5 Å². The SMILES string of the molecule is CCOC(=O)c1c(NC(=O)CN2CCN(c3cccc(C(F)(F)F)c3)CC2)sc2c1CCCCC2. The first-order chi connectivity index (χ1) is 16.8. The number of ether oxygens (including phenoxy) is 1. The number of piperazine rings is 1. The molecule has 1 aliphatic carbocycles. The van der Waals surface area contributed by atoms with Crippen LogP contribution in [0, 0.1) is 0 Å². The van der Waals surface area contributed by atoms with Crippen molar-refractivity contribution < 1.29 is 27.5 Å². The number of benzene rings is 1. The van der Waals surface area contributed by atoms with Gasteiger partial charge in [0.15, 0.2) is 0 Å². The van der Waals surface area contributed by atoms with Crippen LogP contribution in [0.3, 0.4) is 0 Å². The third-order valence-electron chi connectivity index (χ3n) is 6.43. The first kappa shape index (κ1) is 25.5. The zero-order chi connectivity index (χ0) is 25.0. The summed E-state index contributed by atoms with van der Waals surface area (Å²) in [5.74, 6) is -0.601. The lowest BCUT2D eigenvalue weighted by atomic mass is 10.1. The molecule has 1 N–H and O–H groups in total. The molecule has 190 valence electrons. The molecule has 0 radical (unpaired) electrons. The van der Waals surface area contributed by atoms with Crippen LogP contribution in [-0.2, 0) is 28.5 Å². The summed E-state index contributed by atoms with van der Waals surface area (Å²) in [6.07, 6.45) is 0.544. The standard InChI is InChI=1S/C25H30F3N3O3S/c1-2-34-24(33)22-19-9-4-3-5-10-20(19)35-23(22)29-21(32)16-30-11-13-31(14-12-30)18-8-6-7-17(15-18)25(26,27)28/h6-8,15H,2-5,9-14,16H2,1H3,(H,29,32). The van der Waals surface area contributed by atoms with E-state index in [1.807, 2.05) is 9.80 Å². The molecule has 2 aliphatic rings. The minimum absolute atomic E-state index is 0.154. The zero-order valence-corrected chi connectivity index (χ0v) is 20.6. The molecule has 0 unspecified atom stereocenters. The van der Waals surface area contributed by atoms with Gasteiger partial charge in [0, 0.05) is 36.7 Å². The number of thiophene rings is 1. The molecule has 1 aliphatic heterocycles. The Morgan fingerprint density at radius 1 is 1.09 bits per heavy atom. The van der Waals surface area contributed by atoms with Crippen LogP contribution in [0.2, 0.25) is 0 Å². The molecular weight excluding hydrogens is 479 g/mol. The topological polar surface area (TPSA) is 61.9 Å². The van der Waals surface area contributed by atoms with Gasteiger partial charge < -0.3 is 15.0 Å². The number of hydrogen-bond acceptors (Lipinski definition) is 6. The predicted molar refractivity (Wildman–Crippen MR) is 130 cm³/mol. The highest BCUT2D eigenvalue weighted by molar-refractivity contribution is 7.17. The molecule has 1 aromatic carbocycles. The van der Waals surface area contributed by atoms with Crippen molar-refractivity contribution in [2.45, 2.75) is 45.2 Å². The number of aryl methyl sites for hydroxylation is 1. The highest BCUT2D eigenvalue weighted by Crippen LogP contribution is 2.38. The molecular formula is C25H30F3N3O3S. The number of alkyl halides is 3. The van der Waals surface area contributed by atoms with Crippen LogP contribution in [0.15, 0.2) is 24.3 Å². The fourth-order valence-electron chi connectivity index (χ4n) is 4.66. The quantitative estimate of drug-likeness (QED) is 0.440. The average molecular weight is 510 g/mol. The second kappa shape index (κ2) is 11.0. The van der Waals surface area contributed by atoms with Crippen molar-refractivity contribution in [2.24, 2.45) is 0 Å². The van der Waals surface area contributed by atoms with Crippen molar-refractivity contribution in [2.75, 3.05) is 49.5 Å². The van der Waals surface area contributed by atoms with Gasteiger partial charge in [-0.1, -0.05) is 12.5 Å². The minimum atomic E-state index is -4.38. The second-order valence-corrected chi connectivity index (χ2v) is 9.95. The molecule has 0 atom stereocenters. The van der Waals surface area contributed by atoms with Crippen molar-refractivity contribution in [1.82, 2.24) is 4.90 Å². The summed E-state index contributed by atoms with van der Waals surface area (Å²) in [6, 6.07) is 5.33. The molecule has 0 bridgehead atoms. The number of halogens is 3. The van der Waals surface area contributed by atoms with E-state index in [4.69, 9.17) is 4.74 Å². The predicted octanol–water partition coefficient (Wildman–Crippen LogP) is 4.97. The average Bonchev–Trinajstić information content (AvgIpc) is 2.99. The minimum Gasteiger partial charge on any atom is -0.462 e. The summed E-state index contributed by atoms with van der Waals surface area (Å²) in [6.45, 7) is 4.34. The van der Waals surface area contributed by atoms with Crippen molar-refractivity contribution >= 4 is 33.9 Å². The number of nitrogens with zero attached hydrogens (tertiary/aromatic N) is 2. The van der Waals surface area contributed by atoms with E-state index in [0.29, 0.717) is 42.4 Å². The van der Waals surface area contributed by atoms with E-state index in [-0.39, 0.29) is 19.1 Å². The normalized spacial score (nSPS) is 17.0. The summed E-state index contributed by atoms with van der Waals surface area (Å²) < 4.78 is 44.4. The monoisotopic (exact) mass is 509 g/mol. The Hall–Kier alpha value is -2.59. The van der Waals surface area contributed by atoms with Crippen LogP contribution < -0.4 is 10.2 Å². The van der Waals surface area contributed by atoms with Crippen LogP contribution >= 0.6 is 11.3 Å². The zero-order valence-electron chi connectivity index (χ0n) is 19.7. The lowest BCUT2D eigenvalue weighted by Crippen LogP contribution is -2.48.